The molecule has 1 fully saturated rings. The van der Waals surface area contributed by atoms with Gasteiger partial charge in [0.15, 0.2) is 0 Å². The maximum Gasteiger partial charge on any atom is 0.251 e. The molecule has 0 atom stereocenters. The first-order valence-corrected chi connectivity index (χ1v) is 8.37. The minimum atomic E-state index is -0.0800. The van der Waals surface area contributed by atoms with Gasteiger partial charge in [0.1, 0.15) is 0 Å². The van der Waals surface area contributed by atoms with Crippen LogP contribution in [0.15, 0.2) is 36.5 Å². The van der Waals surface area contributed by atoms with E-state index in [1.165, 1.54) is 0 Å². The molecule has 138 valence electrons. The van der Waals surface area contributed by atoms with Crippen molar-refractivity contribution in [3.63, 3.8) is 0 Å². The molecule has 3 rings (SSSR count). The molecule has 0 aliphatic carbocycles. The predicted molar refractivity (Wildman–Crippen MR) is 99.3 cm³/mol. The molecule has 0 spiro atoms. The number of hydrogen-bond donors (Lipinski definition) is 2. The fraction of sp³-hybridized carbons (Fsp3) is 0.368. The van der Waals surface area contributed by atoms with E-state index in [1.54, 1.807) is 19.3 Å². The van der Waals surface area contributed by atoms with Gasteiger partial charge in [-0.3, -0.25) is 14.6 Å². The van der Waals surface area contributed by atoms with Crippen molar-refractivity contribution in [2.75, 3.05) is 26.7 Å². The van der Waals surface area contributed by atoms with Crippen LogP contribution >= 0.6 is 0 Å². The number of likely N-dealkylation sites (tertiary alicyclic amines) is 1. The Morgan fingerprint density at radius 3 is 2.50 bits per heavy atom. The van der Waals surface area contributed by atoms with Gasteiger partial charge in [0, 0.05) is 44.7 Å². The summed E-state index contributed by atoms with van der Waals surface area (Å²) >= 11 is 0. The molecular weight excluding hydrogens is 332 g/mol. The summed E-state index contributed by atoms with van der Waals surface area (Å²) < 4.78 is 0. The molecule has 1 saturated heterocycles. The Kier molecular flexibility index (Phi) is 9.36. The molecule has 2 aromatic rings. The lowest BCUT2D eigenvalue weighted by Crippen LogP contribution is -2.27. The van der Waals surface area contributed by atoms with Crippen LogP contribution in [0.5, 0.6) is 0 Å². The first-order chi connectivity index (χ1) is 12.7. The second-order valence-electron chi connectivity index (χ2n) is 5.52. The van der Waals surface area contributed by atoms with Crippen LogP contribution in [0.3, 0.4) is 0 Å². The zero-order valence-corrected chi connectivity index (χ0v) is 14.9. The molecule has 7 heteroatoms. The number of para-hydroxylation sites is 1. The van der Waals surface area contributed by atoms with Crippen molar-refractivity contribution in [2.24, 2.45) is 0 Å². The second-order valence-corrected chi connectivity index (χ2v) is 5.52. The van der Waals surface area contributed by atoms with Gasteiger partial charge >= 0.3 is 0 Å². The third-order valence-corrected chi connectivity index (χ3v) is 3.91. The summed E-state index contributed by atoms with van der Waals surface area (Å²) in [5.74, 6) is 0.0172. The number of fused-ring (bicyclic) bond motifs is 1. The lowest BCUT2D eigenvalue weighted by atomic mass is 10.1. The van der Waals surface area contributed by atoms with E-state index in [0.717, 1.165) is 36.8 Å². The Bertz CT molecular complexity index is 734. The van der Waals surface area contributed by atoms with Gasteiger partial charge in [-0.05, 0) is 25.0 Å². The fourth-order valence-electron chi connectivity index (χ4n) is 2.65. The van der Waals surface area contributed by atoms with Crippen molar-refractivity contribution in [1.82, 2.24) is 15.2 Å². The van der Waals surface area contributed by atoms with Crippen molar-refractivity contribution in [2.45, 2.75) is 19.3 Å². The molecule has 1 aromatic heterocycles. The Balaban J connectivity index is 0.000000249. The number of benzene rings is 1. The Morgan fingerprint density at radius 1 is 1.23 bits per heavy atom. The molecule has 1 aliphatic heterocycles. The van der Waals surface area contributed by atoms with E-state index in [1.807, 2.05) is 29.2 Å². The largest absolute Gasteiger partial charge is 0.396 e. The van der Waals surface area contributed by atoms with Gasteiger partial charge in [-0.1, -0.05) is 18.2 Å². The molecule has 2 amide bonds. The van der Waals surface area contributed by atoms with Gasteiger partial charge in [-0.15, -0.1) is 0 Å². The number of amides is 2. The number of carbonyl (C=O) groups excluding carboxylic acids is 2. The maximum atomic E-state index is 11.5. The summed E-state index contributed by atoms with van der Waals surface area (Å²) in [7, 11) is 1.62. The van der Waals surface area contributed by atoms with Gasteiger partial charge in [0.2, 0.25) is 5.91 Å². The van der Waals surface area contributed by atoms with Crippen LogP contribution in [0.2, 0.25) is 0 Å². The number of rotatable bonds is 3. The number of nitriles is 1. The highest BCUT2D eigenvalue weighted by Crippen LogP contribution is 2.15. The summed E-state index contributed by atoms with van der Waals surface area (Å²) in [5, 5.41) is 18.4. The number of aromatic nitrogens is 1. The van der Waals surface area contributed by atoms with E-state index in [0.29, 0.717) is 12.0 Å². The molecule has 1 aromatic carbocycles. The van der Waals surface area contributed by atoms with Crippen molar-refractivity contribution < 1.29 is 14.7 Å². The van der Waals surface area contributed by atoms with Crippen LogP contribution in [0, 0.1) is 11.8 Å². The second kappa shape index (κ2) is 11.6. The first-order valence-electron chi connectivity index (χ1n) is 8.37. The molecule has 2 N–H and O–H groups in total. The molecule has 1 aliphatic rings. The monoisotopic (exact) mass is 356 g/mol. The molecule has 7 nitrogen and oxygen atoms in total. The number of hydrogen-bond acceptors (Lipinski definition) is 5. The molecule has 26 heavy (non-hydrogen) atoms. The minimum Gasteiger partial charge on any atom is -0.396 e. The van der Waals surface area contributed by atoms with Gasteiger partial charge < -0.3 is 15.3 Å². The highest BCUT2D eigenvalue weighted by atomic mass is 16.3. The van der Waals surface area contributed by atoms with Crippen LogP contribution in [0.4, 0.5) is 0 Å². The number of pyridine rings is 1. The highest BCUT2D eigenvalue weighted by Gasteiger charge is 2.16. The van der Waals surface area contributed by atoms with Crippen molar-refractivity contribution >= 4 is 22.7 Å². The van der Waals surface area contributed by atoms with Crippen LogP contribution in [-0.2, 0) is 4.79 Å². The van der Waals surface area contributed by atoms with Gasteiger partial charge in [0.05, 0.1) is 17.7 Å². The van der Waals surface area contributed by atoms with E-state index in [4.69, 9.17) is 10.4 Å². The number of nitrogens with zero attached hydrogens (tertiary/aromatic N) is 3. The SMILES string of the molecule is C#N.CNC(=O)c1ccnc2ccccc12.O=C(CCO)N1CCCC1. The van der Waals surface area contributed by atoms with Crippen LogP contribution in [0.1, 0.15) is 29.6 Å². The lowest BCUT2D eigenvalue weighted by molar-refractivity contribution is -0.130. The van der Waals surface area contributed by atoms with Gasteiger partial charge in [-0.2, -0.15) is 0 Å². The van der Waals surface area contributed by atoms with Gasteiger partial charge in [-0.25, -0.2) is 5.26 Å². The molecule has 0 bridgehead atoms. The third kappa shape index (κ3) is 5.83. The fourth-order valence-corrected chi connectivity index (χ4v) is 2.65. The van der Waals surface area contributed by atoms with E-state index >= 15 is 0 Å². The van der Waals surface area contributed by atoms with E-state index in [2.05, 4.69) is 16.9 Å². The number of nitrogens with one attached hydrogen (secondary N) is 1. The van der Waals surface area contributed by atoms with Gasteiger partial charge in [0.25, 0.3) is 5.91 Å². The summed E-state index contributed by atoms with van der Waals surface area (Å²) in [6.07, 6.45) is 4.18. The number of aliphatic hydroxyl groups excluding tert-OH is 1. The standard InChI is InChI=1S/C11H10N2O.C7H13NO2.CHN/c1-12-11(14)9-6-7-13-10-5-3-2-4-8(9)10;9-6-3-7(10)8-4-1-2-5-8;1-2/h2-7H,1H3,(H,12,14);9H,1-6H2;1H. The quantitative estimate of drug-likeness (QED) is 0.871. The van der Waals surface area contributed by atoms with Crippen molar-refractivity contribution in [1.29, 1.82) is 5.26 Å². The van der Waals surface area contributed by atoms with Crippen LogP contribution in [-0.4, -0.2) is 53.5 Å². The third-order valence-electron chi connectivity index (χ3n) is 3.91. The highest BCUT2D eigenvalue weighted by molar-refractivity contribution is 6.05. The predicted octanol–water partition coefficient (Wildman–Crippen LogP) is 1.73. The molecule has 2 heterocycles. The smallest absolute Gasteiger partial charge is 0.251 e. The topological polar surface area (TPSA) is 106 Å². The summed E-state index contributed by atoms with van der Waals surface area (Å²) in [6, 6.07) is 9.31. The Morgan fingerprint density at radius 2 is 1.88 bits per heavy atom. The average Bonchev–Trinajstić information content (AvgIpc) is 3.24. The minimum absolute atomic E-state index is 0.0185. The molecule has 0 unspecified atom stereocenters. The van der Waals surface area contributed by atoms with Crippen LogP contribution < -0.4 is 5.32 Å². The maximum absolute atomic E-state index is 11.5. The van der Waals surface area contributed by atoms with Crippen LogP contribution in [0.25, 0.3) is 10.9 Å². The zero-order chi connectivity index (χ0) is 19.4. The van der Waals surface area contributed by atoms with E-state index in [9.17, 15) is 9.59 Å². The summed E-state index contributed by atoms with van der Waals surface area (Å²) in [6.45, 7) is 5.26. The summed E-state index contributed by atoms with van der Waals surface area (Å²) in [5.41, 5.74) is 1.51. The zero-order valence-electron chi connectivity index (χ0n) is 14.9. The number of carbonyl (C=O) groups is 2. The molecule has 0 radical (unpaired) electrons. The molecule has 0 saturated carbocycles. The van der Waals surface area contributed by atoms with Crippen molar-refractivity contribution in [3.05, 3.63) is 42.1 Å². The normalized spacial score (nSPS) is 12.4. The average molecular weight is 356 g/mol. The first kappa shape index (κ1) is 21.1. The molecular formula is C19H24N4O3. The lowest BCUT2D eigenvalue weighted by Gasteiger charge is -2.13. The number of aliphatic hydroxyl groups is 1. The Labute approximate surface area is 153 Å². The van der Waals surface area contributed by atoms with E-state index in [-0.39, 0.29) is 18.4 Å². The van der Waals surface area contributed by atoms with Crippen molar-refractivity contribution in [3.8, 4) is 6.57 Å². The van der Waals surface area contributed by atoms with E-state index < -0.39 is 0 Å². The summed E-state index contributed by atoms with van der Waals surface area (Å²) in [4.78, 5) is 28.5. The Hall–Kier alpha value is -2.98.